The van der Waals surface area contributed by atoms with Gasteiger partial charge in [0.1, 0.15) is 6.26 Å². The van der Waals surface area contributed by atoms with Crippen LogP contribution in [0.3, 0.4) is 0 Å². The van der Waals surface area contributed by atoms with Crippen molar-refractivity contribution in [3.63, 3.8) is 0 Å². The average molecular weight is 228 g/mol. The van der Waals surface area contributed by atoms with E-state index in [9.17, 15) is 13.2 Å². The number of halogens is 3. The van der Waals surface area contributed by atoms with Gasteiger partial charge in [-0.2, -0.15) is 13.2 Å². The van der Waals surface area contributed by atoms with E-state index in [0.29, 0.717) is 11.1 Å². The van der Waals surface area contributed by atoms with Crippen molar-refractivity contribution in [3.8, 4) is 11.1 Å². The van der Waals surface area contributed by atoms with Gasteiger partial charge in [0.05, 0.1) is 11.8 Å². The number of rotatable bonds is 1. The number of benzene rings is 1. The van der Waals surface area contributed by atoms with Gasteiger partial charge >= 0.3 is 6.18 Å². The Morgan fingerprint density at radius 1 is 1.12 bits per heavy atom. The predicted molar refractivity (Wildman–Crippen MR) is 51.4 cm³/mol. The Morgan fingerprint density at radius 2 is 1.88 bits per heavy atom. The van der Waals surface area contributed by atoms with E-state index in [1.165, 1.54) is 18.5 Å². The van der Waals surface area contributed by atoms with Crippen molar-refractivity contribution >= 4 is 5.69 Å². The number of anilines is 1. The first kappa shape index (κ1) is 10.5. The molecule has 16 heavy (non-hydrogen) atoms. The number of hydrogen-bond donors (Lipinski definition) is 1. The Balaban J connectivity index is 2.53. The van der Waals surface area contributed by atoms with E-state index in [1.54, 1.807) is 0 Å². The number of hydrogen-bond acceptors (Lipinski definition) is 3. The zero-order valence-corrected chi connectivity index (χ0v) is 7.95. The molecule has 0 fully saturated rings. The van der Waals surface area contributed by atoms with E-state index < -0.39 is 11.7 Å². The third-order valence-electron chi connectivity index (χ3n) is 2.05. The molecule has 0 radical (unpaired) electrons. The summed E-state index contributed by atoms with van der Waals surface area (Å²) in [6.45, 7) is 0. The van der Waals surface area contributed by atoms with Crippen molar-refractivity contribution < 1.29 is 17.7 Å². The first-order chi connectivity index (χ1) is 7.47. The van der Waals surface area contributed by atoms with Gasteiger partial charge in [0.25, 0.3) is 0 Å². The van der Waals surface area contributed by atoms with Crippen LogP contribution >= 0.6 is 0 Å². The highest BCUT2D eigenvalue weighted by Gasteiger charge is 2.31. The summed E-state index contributed by atoms with van der Waals surface area (Å²) in [7, 11) is 0. The fourth-order valence-corrected chi connectivity index (χ4v) is 1.33. The van der Waals surface area contributed by atoms with Gasteiger partial charge in [0.15, 0.2) is 0 Å². The molecule has 0 bridgehead atoms. The lowest BCUT2D eigenvalue weighted by molar-refractivity contribution is -0.137. The van der Waals surface area contributed by atoms with Crippen LogP contribution in [0.2, 0.25) is 0 Å². The second kappa shape index (κ2) is 3.55. The molecule has 1 aromatic carbocycles. The van der Waals surface area contributed by atoms with E-state index in [0.717, 1.165) is 12.1 Å². The Morgan fingerprint density at radius 3 is 2.44 bits per heavy atom. The van der Waals surface area contributed by atoms with E-state index in [4.69, 9.17) is 5.73 Å². The largest absolute Gasteiger partial charge is 0.416 e. The molecule has 2 rings (SSSR count). The van der Waals surface area contributed by atoms with Crippen LogP contribution < -0.4 is 5.73 Å². The number of nitrogens with zero attached hydrogens (tertiary/aromatic N) is 1. The summed E-state index contributed by atoms with van der Waals surface area (Å²) in [4.78, 5) is 0. The molecule has 3 nitrogen and oxygen atoms in total. The second-order valence-corrected chi connectivity index (χ2v) is 3.25. The fourth-order valence-electron chi connectivity index (χ4n) is 1.33. The molecule has 0 spiro atoms. The lowest BCUT2D eigenvalue weighted by Gasteiger charge is -2.09. The molecular weight excluding hydrogens is 221 g/mol. The summed E-state index contributed by atoms with van der Waals surface area (Å²) in [6, 6.07) is 3.32. The van der Waals surface area contributed by atoms with Crippen molar-refractivity contribution in [3.05, 3.63) is 36.2 Å². The molecule has 0 atom stereocenters. The Kier molecular flexibility index (Phi) is 2.34. The van der Waals surface area contributed by atoms with Gasteiger partial charge in [-0.1, -0.05) is 5.16 Å². The number of alkyl halides is 3. The standard InChI is InChI=1S/C10H7F3N2O/c11-10(12,13)8-1-6(2-9(14)3-8)7-4-15-16-5-7/h1-5H,14H2. The molecule has 0 saturated heterocycles. The number of aromatic nitrogens is 1. The summed E-state index contributed by atoms with van der Waals surface area (Å²) in [5.74, 6) is 0. The topological polar surface area (TPSA) is 52.0 Å². The minimum Gasteiger partial charge on any atom is -0.399 e. The molecule has 1 aromatic heterocycles. The van der Waals surface area contributed by atoms with Crippen molar-refractivity contribution in [2.45, 2.75) is 6.18 Å². The average Bonchev–Trinajstić information content (AvgIpc) is 2.68. The third kappa shape index (κ3) is 2.00. The zero-order chi connectivity index (χ0) is 11.8. The van der Waals surface area contributed by atoms with Crippen molar-refractivity contribution in [2.75, 3.05) is 5.73 Å². The summed E-state index contributed by atoms with van der Waals surface area (Å²) < 4.78 is 42.0. The minimum atomic E-state index is -4.42. The van der Waals surface area contributed by atoms with Crippen LogP contribution in [0.5, 0.6) is 0 Å². The van der Waals surface area contributed by atoms with Crippen LogP contribution in [0.15, 0.2) is 35.2 Å². The van der Waals surface area contributed by atoms with Crippen LogP contribution in [0.4, 0.5) is 18.9 Å². The van der Waals surface area contributed by atoms with Crippen molar-refractivity contribution in [1.29, 1.82) is 0 Å². The summed E-state index contributed by atoms with van der Waals surface area (Å²) >= 11 is 0. The SMILES string of the molecule is Nc1cc(-c2cnoc2)cc(C(F)(F)F)c1. The molecule has 2 N–H and O–H groups in total. The highest BCUT2D eigenvalue weighted by atomic mass is 19.4. The molecule has 0 aliphatic heterocycles. The second-order valence-electron chi connectivity index (χ2n) is 3.25. The van der Waals surface area contributed by atoms with Crippen molar-refractivity contribution in [2.24, 2.45) is 0 Å². The molecule has 84 valence electrons. The highest BCUT2D eigenvalue weighted by molar-refractivity contribution is 5.67. The van der Waals surface area contributed by atoms with Crippen LogP contribution in [-0.2, 0) is 6.18 Å². The molecule has 0 amide bonds. The molecule has 0 saturated carbocycles. The predicted octanol–water partition coefficient (Wildman–Crippen LogP) is 2.94. The molecule has 6 heteroatoms. The zero-order valence-electron chi connectivity index (χ0n) is 7.95. The monoisotopic (exact) mass is 228 g/mol. The molecule has 0 aliphatic rings. The number of nitrogens with two attached hydrogens (primary N) is 1. The molecule has 2 aromatic rings. The van der Waals surface area contributed by atoms with Gasteiger partial charge in [0, 0.05) is 11.3 Å². The van der Waals surface area contributed by atoms with Gasteiger partial charge < -0.3 is 10.3 Å². The quantitative estimate of drug-likeness (QED) is 0.763. The van der Waals surface area contributed by atoms with Crippen LogP contribution in [-0.4, -0.2) is 5.16 Å². The molecular formula is C10H7F3N2O. The maximum absolute atomic E-state index is 12.5. The lowest BCUT2D eigenvalue weighted by Crippen LogP contribution is -2.05. The fraction of sp³-hybridized carbons (Fsp3) is 0.100. The smallest absolute Gasteiger partial charge is 0.399 e. The Bertz CT molecular complexity index is 491. The maximum Gasteiger partial charge on any atom is 0.416 e. The first-order valence-electron chi connectivity index (χ1n) is 4.34. The lowest BCUT2D eigenvalue weighted by atomic mass is 10.0. The maximum atomic E-state index is 12.5. The highest BCUT2D eigenvalue weighted by Crippen LogP contribution is 2.33. The summed E-state index contributed by atoms with van der Waals surface area (Å²) in [5.41, 5.74) is 5.45. The Hall–Kier alpha value is -1.98. The number of nitrogen functional groups attached to an aromatic ring is 1. The molecule has 0 unspecified atom stereocenters. The van der Waals surface area contributed by atoms with E-state index in [1.807, 2.05) is 0 Å². The van der Waals surface area contributed by atoms with E-state index >= 15 is 0 Å². The van der Waals surface area contributed by atoms with E-state index in [2.05, 4.69) is 9.68 Å². The summed E-state index contributed by atoms with van der Waals surface area (Å²) in [6.07, 6.45) is -1.83. The molecule has 1 heterocycles. The van der Waals surface area contributed by atoms with Crippen LogP contribution in [0.1, 0.15) is 5.56 Å². The van der Waals surface area contributed by atoms with Gasteiger partial charge in [-0.3, -0.25) is 0 Å². The molecule has 0 aliphatic carbocycles. The van der Waals surface area contributed by atoms with Gasteiger partial charge in [-0.05, 0) is 23.8 Å². The Labute approximate surface area is 88.7 Å². The minimum absolute atomic E-state index is 0.0472. The van der Waals surface area contributed by atoms with E-state index in [-0.39, 0.29) is 5.69 Å². The van der Waals surface area contributed by atoms with Gasteiger partial charge in [0.2, 0.25) is 0 Å². The first-order valence-corrected chi connectivity index (χ1v) is 4.34. The van der Waals surface area contributed by atoms with Gasteiger partial charge in [-0.15, -0.1) is 0 Å². The van der Waals surface area contributed by atoms with Crippen LogP contribution in [0, 0.1) is 0 Å². The van der Waals surface area contributed by atoms with Crippen LogP contribution in [0.25, 0.3) is 11.1 Å². The summed E-state index contributed by atoms with van der Waals surface area (Å²) in [5, 5.41) is 3.42. The van der Waals surface area contributed by atoms with Gasteiger partial charge in [-0.25, -0.2) is 0 Å². The third-order valence-corrected chi connectivity index (χ3v) is 2.05. The normalized spacial score (nSPS) is 11.7. The van der Waals surface area contributed by atoms with Crippen molar-refractivity contribution in [1.82, 2.24) is 5.16 Å².